The summed E-state index contributed by atoms with van der Waals surface area (Å²) in [5.74, 6) is 0.614. The fourth-order valence-electron chi connectivity index (χ4n) is 3.71. The molecule has 1 aromatic heterocycles. The molecule has 2 aliphatic heterocycles. The van der Waals surface area contributed by atoms with Gasteiger partial charge in [-0.05, 0) is 31.2 Å². The van der Waals surface area contributed by atoms with Crippen LogP contribution in [0, 0.1) is 5.41 Å². The highest BCUT2D eigenvalue weighted by Crippen LogP contribution is 2.33. The Bertz CT molecular complexity index is 1290. The Hall–Kier alpha value is -3.58. The maximum Gasteiger partial charge on any atom is 0.283 e. The highest BCUT2D eigenvalue weighted by atomic mass is 32.2. The number of thioether (sulfide) groups is 1. The number of benzene rings is 2. The molecule has 5 rings (SSSR count). The highest BCUT2D eigenvalue weighted by molar-refractivity contribution is 8.17. The summed E-state index contributed by atoms with van der Waals surface area (Å²) in [6, 6.07) is 17.8. The van der Waals surface area contributed by atoms with E-state index < -0.39 is 0 Å². The number of amides is 1. The zero-order valence-corrected chi connectivity index (χ0v) is 17.7. The Morgan fingerprint density at radius 1 is 1.13 bits per heavy atom. The number of fused-ring (bicyclic) bond motifs is 2. The van der Waals surface area contributed by atoms with Crippen molar-refractivity contribution in [3.8, 4) is 5.75 Å². The van der Waals surface area contributed by atoms with Crippen molar-refractivity contribution < 1.29 is 9.53 Å². The van der Waals surface area contributed by atoms with Gasteiger partial charge >= 0.3 is 0 Å². The van der Waals surface area contributed by atoms with Crippen LogP contribution in [0.5, 0.6) is 5.75 Å². The van der Waals surface area contributed by atoms with Crippen LogP contribution in [0.25, 0.3) is 17.0 Å². The Morgan fingerprint density at radius 2 is 1.90 bits per heavy atom. The largest absolute Gasteiger partial charge is 0.492 e. The molecular formula is C24H20N4O2S. The summed E-state index contributed by atoms with van der Waals surface area (Å²) < 4.78 is 7.97. The lowest BCUT2D eigenvalue weighted by Crippen LogP contribution is -2.35. The van der Waals surface area contributed by atoms with Crippen LogP contribution in [0.2, 0.25) is 0 Å². The Kier molecular flexibility index (Phi) is 4.95. The van der Waals surface area contributed by atoms with E-state index in [0.29, 0.717) is 23.9 Å². The van der Waals surface area contributed by atoms with Gasteiger partial charge in [-0.15, -0.1) is 0 Å². The van der Waals surface area contributed by atoms with Crippen LogP contribution in [-0.2, 0) is 11.3 Å². The monoisotopic (exact) mass is 428 g/mol. The van der Waals surface area contributed by atoms with Crippen LogP contribution in [0.15, 0.2) is 82.5 Å². The normalized spacial score (nSPS) is 17.2. The molecule has 0 bridgehead atoms. The molecule has 0 unspecified atom stereocenters. The maximum atomic E-state index is 12.6. The summed E-state index contributed by atoms with van der Waals surface area (Å²) in [7, 11) is 0. The van der Waals surface area contributed by atoms with Gasteiger partial charge in [0.05, 0.1) is 12.1 Å². The molecule has 3 aromatic rings. The van der Waals surface area contributed by atoms with E-state index in [1.54, 1.807) is 11.0 Å². The van der Waals surface area contributed by atoms with E-state index in [9.17, 15) is 4.79 Å². The van der Waals surface area contributed by atoms with E-state index in [1.165, 1.54) is 11.8 Å². The van der Waals surface area contributed by atoms with E-state index in [4.69, 9.17) is 10.1 Å². The first-order valence-corrected chi connectivity index (χ1v) is 10.8. The molecule has 0 saturated heterocycles. The molecule has 0 radical (unpaired) electrons. The van der Waals surface area contributed by atoms with Crippen molar-refractivity contribution in [3.63, 3.8) is 0 Å². The van der Waals surface area contributed by atoms with Crippen molar-refractivity contribution in [3.05, 3.63) is 83.0 Å². The van der Waals surface area contributed by atoms with Gasteiger partial charge in [-0.1, -0.05) is 48.2 Å². The molecule has 0 aliphatic carbocycles. The first-order valence-electron chi connectivity index (χ1n) is 9.95. The zero-order chi connectivity index (χ0) is 21.4. The van der Waals surface area contributed by atoms with Crippen LogP contribution >= 0.6 is 11.8 Å². The van der Waals surface area contributed by atoms with E-state index >= 15 is 0 Å². The van der Waals surface area contributed by atoms with Gasteiger partial charge in [0.1, 0.15) is 18.2 Å². The van der Waals surface area contributed by atoms with Gasteiger partial charge < -0.3 is 9.30 Å². The van der Waals surface area contributed by atoms with Crippen LogP contribution < -0.4 is 4.74 Å². The average Bonchev–Trinajstić information content (AvgIpc) is 3.32. The zero-order valence-electron chi connectivity index (χ0n) is 16.9. The second-order valence-electron chi connectivity index (χ2n) is 7.27. The number of carbonyl (C=O) groups excluding carboxylic acids is 1. The number of aliphatic imine (C=N–C) groups is 1. The van der Waals surface area contributed by atoms with Crippen LogP contribution in [0.1, 0.15) is 12.5 Å². The molecule has 2 aliphatic rings. The highest BCUT2D eigenvalue weighted by Gasteiger charge is 2.33. The minimum absolute atomic E-state index is 0.156. The Balaban J connectivity index is 1.45. The summed E-state index contributed by atoms with van der Waals surface area (Å²) in [4.78, 5) is 19.5. The lowest BCUT2D eigenvalue weighted by molar-refractivity contribution is -0.114. The van der Waals surface area contributed by atoms with Crippen molar-refractivity contribution in [2.24, 2.45) is 4.99 Å². The number of ether oxygens (including phenoxy) is 1. The minimum Gasteiger partial charge on any atom is -0.492 e. The standard InChI is InChI=1S/C24H20N4O2S/c1-16-14-28-22(25)20(23(29)26-24(28)31-16)13-17-15-27(21-10-6-5-9-19(17)21)11-12-30-18-7-3-2-4-8-18/h2-10,13-15,25H,11-12H2,1H3. The number of hydrogen-bond donors (Lipinski definition) is 1. The third kappa shape index (κ3) is 3.68. The number of allylic oxidation sites excluding steroid dienone is 1. The van der Waals surface area contributed by atoms with Crippen molar-refractivity contribution in [1.29, 1.82) is 5.41 Å². The number of nitrogens with zero attached hydrogens (tertiary/aromatic N) is 3. The molecule has 0 atom stereocenters. The Morgan fingerprint density at radius 3 is 2.74 bits per heavy atom. The lowest BCUT2D eigenvalue weighted by Gasteiger charge is -2.22. The quantitative estimate of drug-likeness (QED) is 0.588. The number of carbonyl (C=O) groups is 1. The SMILES string of the molecule is CC1=CN2C(=N)C(=Cc3cn(CCOc4ccccc4)c4ccccc34)C(=O)N=C2S1. The second kappa shape index (κ2) is 7.92. The van der Waals surface area contributed by atoms with Crippen LogP contribution in [0.4, 0.5) is 0 Å². The number of rotatable bonds is 5. The molecule has 31 heavy (non-hydrogen) atoms. The molecule has 7 heteroatoms. The summed E-state index contributed by atoms with van der Waals surface area (Å²) in [5.41, 5.74) is 2.23. The molecule has 154 valence electrons. The molecule has 0 saturated carbocycles. The van der Waals surface area contributed by atoms with Crippen molar-refractivity contribution in [2.45, 2.75) is 13.5 Å². The van der Waals surface area contributed by atoms with E-state index in [2.05, 4.69) is 9.56 Å². The van der Waals surface area contributed by atoms with Gasteiger partial charge in [-0.3, -0.25) is 15.1 Å². The third-order valence-corrected chi connectivity index (χ3v) is 6.05. The number of hydrogen-bond acceptors (Lipinski definition) is 4. The molecule has 1 amide bonds. The predicted octanol–water partition coefficient (Wildman–Crippen LogP) is 4.89. The second-order valence-corrected chi connectivity index (χ2v) is 8.49. The third-order valence-electron chi connectivity index (χ3n) is 5.16. The predicted molar refractivity (Wildman–Crippen MR) is 125 cm³/mol. The lowest BCUT2D eigenvalue weighted by atomic mass is 10.1. The fraction of sp³-hybridized carbons (Fsp3) is 0.125. The number of nitrogens with one attached hydrogen (secondary N) is 1. The molecule has 2 aromatic carbocycles. The fourth-order valence-corrected chi connectivity index (χ4v) is 4.53. The molecular weight excluding hydrogens is 408 g/mol. The summed E-state index contributed by atoms with van der Waals surface area (Å²) >= 11 is 1.41. The van der Waals surface area contributed by atoms with Gasteiger partial charge in [0.15, 0.2) is 5.17 Å². The van der Waals surface area contributed by atoms with Crippen molar-refractivity contribution >= 4 is 45.7 Å². The van der Waals surface area contributed by atoms with E-state index in [1.807, 2.05) is 73.9 Å². The summed E-state index contributed by atoms with van der Waals surface area (Å²) in [6.45, 7) is 3.13. The minimum atomic E-state index is -0.379. The van der Waals surface area contributed by atoms with Crippen LogP contribution in [0.3, 0.4) is 0 Å². The first kappa shape index (κ1) is 19.4. The number of para-hydroxylation sites is 2. The molecule has 0 fully saturated rings. The van der Waals surface area contributed by atoms with Gasteiger partial charge in [0, 0.05) is 33.8 Å². The topological polar surface area (TPSA) is 70.7 Å². The maximum absolute atomic E-state index is 12.6. The molecule has 3 heterocycles. The first-order chi connectivity index (χ1) is 15.1. The van der Waals surface area contributed by atoms with Gasteiger partial charge in [0.2, 0.25) is 0 Å². The van der Waals surface area contributed by atoms with E-state index in [-0.39, 0.29) is 11.7 Å². The van der Waals surface area contributed by atoms with Gasteiger partial charge in [-0.2, -0.15) is 4.99 Å². The van der Waals surface area contributed by atoms with Crippen molar-refractivity contribution in [2.75, 3.05) is 6.61 Å². The molecule has 6 nitrogen and oxygen atoms in total. The summed E-state index contributed by atoms with van der Waals surface area (Å²) in [5, 5.41) is 10.1. The summed E-state index contributed by atoms with van der Waals surface area (Å²) in [6.07, 6.45) is 5.62. The Labute approximate surface area is 184 Å². The van der Waals surface area contributed by atoms with Gasteiger partial charge in [0.25, 0.3) is 5.91 Å². The number of amidine groups is 2. The average molecular weight is 429 g/mol. The molecule has 0 spiro atoms. The number of aromatic nitrogens is 1. The van der Waals surface area contributed by atoms with Gasteiger partial charge in [-0.25, -0.2) is 0 Å². The smallest absolute Gasteiger partial charge is 0.283 e. The van der Waals surface area contributed by atoms with E-state index in [0.717, 1.165) is 27.1 Å². The van der Waals surface area contributed by atoms with Crippen molar-refractivity contribution in [1.82, 2.24) is 9.47 Å². The molecule has 1 N–H and O–H groups in total. The van der Waals surface area contributed by atoms with Crippen LogP contribution in [-0.4, -0.2) is 33.0 Å².